The van der Waals surface area contributed by atoms with E-state index in [0.29, 0.717) is 24.0 Å². The van der Waals surface area contributed by atoms with E-state index < -0.39 is 0 Å². The van der Waals surface area contributed by atoms with Crippen molar-refractivity contribution in [3.05, 3.63) is 35.8 Å². The summed E-state index contributed by atoms with van der Waals surface area (Å²) in [5.41, 5.74) is 2.90. The molecule has 1 aliphatic heterocycles. The van der Waals surface area contributed by atoms with Gasteiger partial charge in [-0.3, -0.25) is 9.78 Å². The number of imidazole rings is 1. The van der Waals surface area contributed by atoms with Crippen molar-refractivity contribution in [2.45, 2.75) is 45.8 Å². The van der Waals surface area contributed by atoms with Crippen LogP contribution in [0, 0.1) is 11.3 Å². The summed E-state index contributed by atoms with van der Waals surface area (Å²) in [6, 6.07) is 7.41. The van der Waals surface area contributed by atoms with Crippen LogP contribution in [0.25, 0.3) is 21.9 Å². The summed E-state index contributed by atoms with van der Waals surface area (Å²) in [5.74, 6) is 0.548. The Balaban J connectivity index is 0.000000253. The molecule has 2 aromatic heterocycles. The zero-order valence-corrected chi connectivity index (χ0v) is 15.6. The van der Waals surface area contributed by atoms with E-state index in [9.17, 15) is 4.79 Å². The first-order valence-electron chi connectivity index (χ1n) is 9.10. The van der Waals surface area contributed by atoms with E-state index >= 15 is 0 Å². The second kappa shape index (κ2) is 8.60. The quantitative estimate of drug-likeness (QED) is 0.726. The number of aromatic nitrogens is 3. The minimum atomic E-state index is -0.111. The van der Waals surface area contributed by atoms with Gasteiger partial charge in [0.25, 0.3) is 0 Å². The molecule has 0 spiro atoms. The van der Waals surface area contributed by atoms with Crippen molar-refractivity contribution in [2.75, 3.05) is 6.61 Å². The number of H-pyrrole nitrogens is 1. The topological polar surface area (TPSA) is 104 Å². The maximum atomic E-state index is 10.9. The number of ether oxygens (including phenoxy) is 1. The van der Waals surface area contributed by atoms with Crippen LogP contribution in [0.15, 0.2) is 24.4 Å². The second-order valence-corrected chi connectivity index (χ2v) is 6.63. The summed E-state index contributed by atoms with van der Waals surface area (Å²) in [6.07, 6.45) is 6.13. The third kappa shape index (κ3) is 4.80. The van der Waals surface area contributed by atoms with Gasteiger partial charge in [0.05, 0.1) is 47.0 Å². The summed E-state index contributed by atoms with van der Waals surface area (Å²) >= 11 is 0. The lowest BCUT2D eigenvalue weighted by atomic mass is 10.1. The van der Waals surface area contributed by atoms with Gasteiger partial charge < -0.3 is 15.0 Å². The number of benzene rings is 1. The molecule has 1 aliphatic rings. The molecule has 7 heteroatoms. The van der Waals surface area contributed by atoms with E-state index in [1.807, 2.05) is 0 Å². The van der Waals surface area contributed by atoms with E-state index in [-0.39, 0.29) is 5.91 Å². The Labute approximate surface area is 157 Å². The summed E-state index contributed by atoms with van der Waals surface area (Å²) in [6.45, 7) is 4.92. The number of nitriles is 1. The number of nitrogens with one attached hydrogen (secondary N) is 2. The van der Waals surface area contributed by atoms with Crippen molar-refractivity contribution in [1.82, 2.24) is 20.3 Å². The molecular weight excluding hydrogens is 342 g/mol. The van der Waals surface area contributed by atoms with Gasteiger partial charge in [0.1, 0.15) is 5.82 Å². The number of hydrogen-bond donors (Lipinski definition) is 2. The molecular formula is C20H23N5O2. The minimum Gasteiger partial charge on any atom is -0.379 e. The lowest BCUT2D eigenvalue weighted by Crippen LogP contribution is -2.19. The maximum absolute atomic E-state index is 10.9. The molecule has 1 aromatic carbocycles. The fourth-order valence-corrected chi connectivity index (χ4v) is 2.97. The molecule has 1 atom stereocenters. The number of nitrogens with zero attached hydrogens (tertiary/aromatic N) is 3. The van der Waals surface area contributed by atoms with Crippen LogP contribution in [-0.4, -0.2) is 33.6 Å². The van der Waals surface area contributed by atoms with Crippen LogP contribution in [0.5, 0.6) is 0 Å². The summed E-state index contributed by atoms with van der Waals surface area (Å²) < 4.78 is 5.28. The number of fused-ring (bicyclic) bond motifs is 3. The van der Waals surface area contributed by atoms with Gasteiger partial charge >= 0.3 is 0 Å². The van der Waals surface area contributed by atoms with Crippen LogP contribution in [0.3, 0.4) is 0 Å². The van der Waals surface area contributed by atoms with Gasteiger partial charge in [-0.15, -0.1) is 0 Å². The average Bonchev–Trinajstić information content (AvgIpc) is 3.11. The molecule has 0 unspecified atom stereocenters. The Hall–Kier alpha value is -2.98. The Morgan fingerprint density at radius 2 is 2.30 bits per heavy atom. The van der Waals surface area contributed by atoms with Crippen LogP contribution >= 0.6 is 0 Å². The molecule has 0 radical (unpaired) electrons. The molecule has 140 valence electrons. The van der Waals surface area contributed by atoms with Crippen molar-refractivity contribution in [1.29, 1.82) is 5.26 Å². The molecule has 1 amide bonds. The van der Waals surface area contributed by atoms with Crippen LogP contribution in [0.4, 0.5) is 0 Å². The van der Waals surface area contributed by atoms with Gasteiger partial charge in [-0.1, -0.05) is 0 Å². The molecule has 27 heavy (non-hydrogen) atoms. The van der Waals surface area contributed by atoms with Crippen molar-refractivity contribution in [2.24, 2.45) is 0 Å². The molecule has 3 aromatic rings. The zero-order valence-electron chi connectivity index (χ0n) is 15.6. The van der Waals surface area contributed by atoms with Crippen LogP contribution in [-0.2, 0) is 16.1 Å². The van der Waals surface area contributed by atoms with E-state index in [1.165, 1.54) is 26.2 Å². The number of amides is 1. The monoisotopic (exact) mass is 365 g/mol. The largest absolute Gasteiger partial charge is 0.379 e. The normalized spacial score (nSPS) is 16.4. The minimum absolute atomic E-state index is 0.111. The van der Waals surface area contributed by atoms with E-state index in [0.717, 1.165) is 28.5 Å². The van der Waals surface area contributed by atoms with Crippen molar-refractivity contribution in [3.8, 4) is 6.07 Å². The highest BCUT2D eigenvalue weighted by molar-refractivity contribution is 6.02. The second-order valence-electron chi connectivity index (χ2n) is 6.63. The van der Waals surface area contributed by atoms with Crippen LogP contribution in [0.1, 0.15) is 44.5 Å². The molecule has 0 aliphatic carbocycles. The Morgan fingerprint density at radius 1 is 1.44 bits per heavy atom. The smallest absolute Gasteiger partial charge is 0.217 e. The summed E-state index contributed by atoms with van der Waals surface area (Å²) in [4.78, 5) is 22.8. The zero-order chi connectivity index (χ0) is 19.2. The number of carbonyl (C=O) groups excluding carboxylic acids is 1. The number of pyridine rings is 1. The predicted octanol–water partition coefficient (Wildman–Crippen LogP) is 3.19. The summed E-state index contributed by atoms with van der Waals surface area (Å²) in [5, 5.41) is 12.5. The number of rotatable bonds is 2. The SMILES string of the molecule is CC(=O)NCc1nc2c(cnc3ccc(C#N)cc32)[nH]1.C[C@@H]1CCCCO1. The average molecular weight is 365 g/mol. The number of hydrogen-bond acceptors (Lipinski definition) is 5. The van der Waals surface area contributed by atoms with Gasteiger partial charge in [-0.25, -0.2) is 4.98 Å². The van der Waals surface area contributed by atoms with Gasteiger partial charge in [-0.05, 0) is 44.4 Å². The molecule has 0 saturated carbocycles. The molecule has 1 fully saturated rings. The molecule has 2 N–H and O–H groups in total. The Bertz CT molecular complexity index is 983. The van der Waals surface area contributed by atoms with Crippen molar-refractivity contribution in [3.63, 3.8) is 0 Å². The standard InChI is InChI=1S/C14H11N5O.C6H12O/c1-8(20)16-7-13-18-12-6-17-11-3-2-9(5-15)4-10(11)14(12)19-13;1-6-4-2-3-5-7-6/h2-4,6H,7H2,1H3,(H,16,20)(H,18,19);6H,2-5H2,1H3/t;6-/m.1/s1. The van der Waals surface area contributed by atoms with E-state index in [4.69, 9.17) is 10.00 Å². The fourth-order valence-electron chi connectivity index (χ4n) is 2.97. The molecule has 0 bridgehead atoms. The van der Waals surface area contributed by atoms with E-state index in [2.05, 4.69) is 33.3 Å². The first kappa shape index (κ1) is 18.8. The highest BCUT2D eigenvalue weighted by Crippen LogP contribution is 2.22. The maximum Gasteiger partial charge on any atom is 0.217 e. The number of carbonyl (C=O) groups is 1. The first-order valence-corrected chi connectivity index (χ1v) is 9.10. The molecule has 4 rings (SSSR count). The highest BCUT2D eigenvalue weighted by atomic mass is 16.5. The predicted molar refractivity (Wildman–Crippen MR) is 103 cm³/mol. The highest BCUT2D eigenvalue weighted by Gasteiger charge is 2.09. The van der Waals surface area contributed by atoms with Crippen molar-refractivity contribution >= 4 is 27.8 Å². The van der Waals surface area contributed by atoms with Gasteiger partial charge in [0.2, 0.25) is 5.91 Å². The van der Waals surface area contributed by atoms with Crippen LogP contribution in [0.2, 0.25) is 0 Å². The molecule has 7 nitrogen and oxygen atoms in total. The van der Waals surface area contributed by atoms with Gasteiger partial charge in [0.15, 0.2) is 0 Å². The third-order valence-electron chi connectivity index (χ3n) is 4.41. The molecule has 3 heterocycles. The van der Waals surface area contributed by atoms with Gasteiger partial charge in [-0.2, -0.15) is 5.26 Å². The lowest BCUT2D eigenvalue weighted by Gasteiger charge is -2.17. The fraction of sp³-hybridized carbons (Fsp3) is 0.400. The summed E-state index contributed by atoms with van der Waals surface area (Å²) in [7, 11) is 0. The van der Waals surface area contributed by atoms with Gasteiger partial charge in [0, 0.05) is 18.9 Å². The molecule has 1 saturated heterocycles. The first-order chi connectivity index (χ1) is 13.1. The van der Waals surface area contributed by atoms with Crippen LogP contribution < -0.4 is 5.32 Å². The van der Waals surface area contributed by atoms with Crippen molar-refractivity contribution < 1.29 is 9.53 Å². The van der Waals surface area contributed by atoms with E-state index in [1.54, 1.807) is 24.4 Å². The number of aromatic amines is 1. The third-order valence-corrected chi connectivity index (χ3v) is 4.41. The Kier molecular flexibility index (Phi) is 5.99. The Morgan fingerprint density at radius 3 is 2.93 bits per heavy atom. The lowest BCUT2D eigenvalue weighted by molar-refractivity contribution is -0.119.